The van der Waals surface area contributed by atoms with E-state index in [0.717, 1.165) is 55.2 Å². The molecule has 0 amide bonds. The molecule has 6 nitrogen and oxygen atoms in total. The van der Waals surface area contributed by atoms with Crippen LogP contribution in [0.2, 0.25) is 0 Å². The lowest BCUT2D eigenvalue weighted by Gasteiger charge is -2.50. The summed E-state index contributed by atoms with van der Waals surface area (Å²) >= 11 is 0. The maximum atomic E-state index is 10.0. The molecule has 6 atom stereocenters. The summed E-state index contributed by atoms with van der Waals surface area (Å²) < 4.78 is 13.8. The quantitative estimate of drug-likeness (QED) is 0.159. The first-order valence-corrected chi connectivity index (χ1v) is 15.5. The Hall–Kier alpha value is -4.26. The number of hydrogen-bond acceptors (Lipinski definition) is 6. The van der Waals surface area contributed by atoms with Crippen LogP contribution in [0.4, 0.5) is 0 Å². The zero-order chi connectivity index (χ0) is 30.5. The van der Waals surface area contributed by atoms with Gasteiger partial charge in [0.15, 0.2) is 0 Å². The molecule has 228 valence electrons. The number of fused-ring (bicyclic) bond motifs is 1. The van der Waals surface area contributed by atoms with Gasteiger partial charge in [0.05, 0.1) is 24.4 Å². The van der Waals surface area contributed by atoms with Crippen LogP contribution in [0.25, 0.3) is 6.08 Å². The van der Waals surface area contributed by atoms with E-state index in [1.165, 1.54) is 5.56 Å². The van der Waals surface area contributed by atoms with Gasteiger partial charge in [-0.3, -0.25) is 0 Å². The molecule has 4 aromatic carbocycles. The number of rotatable bonds is 9. The predicted molar refractivity (Wildman–Crippen MR) is 171 cm³/mol. The molecule has 6 rings (SSSR count). The smallest absolute Gasteiger partial charge is 0.115 e. The fourth-order valence-electron chi connectivity index (χ4n) is 6.72. The van der Waals surface area contributed by atoms with E-state index < -0.39 is 0 Å². The zero-order valence-electron chi connectivity index (χ0n) is 24.7. The van der Waals surface area contributed by atoms with Gasteiger partial charge >= 0.3 is 0 Å². The highest BCUT2D eigenvalue weighted by Crippen LogP contribution is 2.48. The molecule has 2 saturated heterocycles. The molecule has 6 heteroatoms. The minimum atomic E-state index is -0.202. The number of phenols is 4. The molecule has 2 fully saturated rings. The normalized spacial score (nSPS) is 25.1. The van der Waals surface area contributed by atoms with Crippen LogP contribution >= 0.6 is 0 Å². The first-order valence-electron chi connectivity index (χ1n) is 15.5. The monoisotopic (exact) mass is 592 g/mol. The van der Waals surface area contributed by atoms with E-state index in [0.29, 0.717) is 0 Å². The molecule has 2 heterocycles. The third-order valence-corrected chi connectivity index (χ3v) is 9.04. The molecule has 0 spiro atoms. The Morgan fingerprint density at radius 2 is 1.05 bits per heavy atom. The van der Waals surface area contributed by atoms with E-state index in [-0.39, 0.29) is 59.2 Å². The van der Waals surface area contributed by atoms with Crippen molar-refractivity contribution in [1.29, 1.82) is 0 Å². The highest BCUT2D eigenvalue weighted by molar-refractivity contribution is 5.51. The van der Waals surface area contributed by atoms with Crippen LogP contribution in [0.5, 0.6) is 23.0 Å². The van der Waals surface area contributed by atoms with Gasteiger partial charge in [0, 0.05) is 12.3 Å². The molecule has 0 aromatic heterocycles. The minimum Gasteiger partial charge on any atom is -0.508 e. The van der Waals surface area contributed by atoms with Crippen LogP contribution in [-0.4, -0.2) is 38.7 Å². The van der Waals surface area contributed by atoms with Crippen molar-refractivity contribution in [2.24, 2.45) is 11.8 Å². The van der Waals surface area contributed by atoms with Crippen molar-refractivity contribution in [2.45, 2.75) is 62.9 Å². The lowest BCUT2D eigenvalue weighted by molar-refractivity contribution is -0.209. The van der Waals surface area contributed by atoms with Crippen molar-refractivity contribution in [1.82, 2.24) is 0 Å². The second kappa shape index (κ2) is 13.6. The molecule has 0 radical (unpaired) electrons. The first-order chi connectivity index (χ1) is 21.4. The fourth-order valence-corrected chi connectivity index (χ4v) is 6.72. The first kappa shape index (κ1) is 29.8. The third-order valence-electron chi connectivity index (χ3n) is 9.04. The van der Waals surface area contributed by atoms with Gasteiger partial charge in [-0.1, -0.05) is 60.7 Å². The van der Waals surface area contributed by atoms with Crippen molar-refractivity contribution < 1.29 is 29.9 Å². The van der Waals surface area contributed by atoms with Crippen LogP contribution in [0.1, 0.15) is 54.0 Å². The summed E-state index contributed by atoms with van der Waals surface area (Å²) in [5.74, 6) is 1.27. The van der Waals surface area contributed by atoms with E-state index in [9.17, 15) is 20.4 Å². The Morgan fingerprint density at radius 1 is 0.568 bits per heavy atom. The molecule has 2 aliphatic heterocycles. The summed E-state index contributed by atoms with van der Waals surface area (Å²) in [6, 6.07) is 29.4. The summed E-state index contributed by atoms with van der Waals surface area (Å²) in [6.07, 6.45) is 9.29. The van der Waals surface area contributed by atoms with Gasteiger partial charge in [-0.2, -0.15) is 0 Å². The topological polar surface area (TPSA) is 99.4 Å². The molecule has 0 bridgehead atoms. The maximum Gasteiger partial charge on any atom is 0.115 e. The Balaban J connectivity index is 1.27. The molecular formula is C38H40O6. The van der Waals surface area contributed by atoms with E-state index in [2.05, 4.69) is 12.2 Å². The molecule has 2 aliphatic rings. The number of ether oxygens (including phenoxy) is 2. The molecule has 4 N–H and O–H groups in total. The molecular weight excluding hydrogens is 552 g/mol. The summed E-state index contributed by atoms with van der Waals surface area (Å²) in [5, 5.41) is 39.2. The zero-order valence-corrected chi connectivity index (χ0v) is 24.7. The minimum absolute atomic E-state index is 0.0126. The van der Waals surface area contributed by atoms with Gasteiger partial charge in [-0.25, -0.2) is 0 Å². The predicted octanol–water partition coefficient (Wildman–Crippen LogP) is 7.71. The van der Waals surface area contributed by atoms with Crippen LogP contribution in [0, 0.1) is 11.8 Å². The van der Waals surface area contributed by atoms with Gasteiger partial charge in [0.2, 0.25) is 0 Å². The summed E-state index contributed by atoms with van der Waals surface area (Å²) in [7, 11) is 0. The number of allylic oxidation sites excluding steroid dienone is 1. The largest absolute Gasteiger partial charge is 0.508 e. The molecule has 0 saturated carbocycles. The van der Waals surface area contributed by atoms with Crippen molar-refractivity contribution in [3.8, 4) is 23.0 Å². The second-order valence-electron chi connectivity index (χ2n) is 12.1. The van der Waals surface area contributed by atoms with Gasteiger partial charge in [-0.15, -0.1) is 0 Å². The average molecular weight is 593 g/mol. The standard InChI is InChI=1S/C38H40O6/c39-30-13-2-25(3-14-30)1-10-29-23-34(21-8-26-4-15-31(40)16-5-26)43-36-24-35(22-9-27-6-17-32(41)18-7-27)44-38(37(29)36)28-11-19-33(42)20-12-28/h1-7,10-20,29,34-42H,8-9,21-24H2/t29-,34+,35+,36-,37+,38-/m1/s1. The number of hydrogen-bond donors (Lipinski definition) is 4. The van der Waals surface area contributed by atoms with E-state index in [4.69, 9.17) is 9.47 Å². The second-order valence-corrected chi connectivity index (χ2v) is 12.1. The lowest BCUT2D eigenvalue weighted by atomic mass is 9.71. The van der Waals surface area contributed by atoms with Crippen LogP contribution in [0.3, 0.4) is 0 Å². The summed E-state index contributed by atoms with van der Waals surface area (Å²) in [6.45, 7) is 0. The van der Waals surface area contributed by atoms with Crippen molar-refractivity contribution in [2.75, 3.05) is 0 Å². The Bertz CT molecular complexity index is 1510. The van der Waals surface area contributed by atoms with Gasteiger partial charge < -0.3 is 29.9 Å². The van der Waals surface area contributed by atoms with Crippen molar-refractivity contribution in [3.63, 3.8) is 0 Å². The summed E-state index contributed by atoms with van der Waals surface area (Å²) in [4.78, 5) is 0. The van der Waals surface area contributed by atoms with Crippen LogP contribution in [-0.2, 0) is 22.3 Å². The van der Waals surface area contributed by atoms with E-state index in [1.54, 1.807) is 48.5 Å². The van der Waals surface area contributed by atoms with E-state index >= 15 is 0 Å². The van der Waals surface area contributed by atoms with Crippen LogP contribution < -0.4 is 0 Å². The highest BCUT2D eigenvalue weighted by Gasteiger charge is 2.47. The molecule has 44 heavy (non-hydrogen) atoms. The number of aryl methyl sites for hydroxylation is 2. The third kappa shape index (κ3) is 7.44. The van der Waals surface area contributed by atoms with Crippen LogP contribution in [0.15, 0.2) is 103 Å². The van der Waals surface area contributed by atoms with Crippen molar-refractivity contribution >= 4 is 6.08 Å². The van der Waals surface area contributed by atoms with Gasteiger partial charge in [0.25, 0.3) is 0 Å². The van der Waals surface area contributed by atoms with Crippen molar-refractivity contribution in [3.05, 3.63) is 125 Å². The molecule has 0 aliphatic carbocycles. The Morgan fingerprint density at radius 3 is 1.59 bits per heavy atom. The molecule has 4 aromatic rings. The summed E-state index contributed by atoms with van der Waals surface area (Å²) in [5.41, 5.74) is 4.38. The van der Waals surface area contributed by atoms with E-state index in [1.807, 2.05) is 48.5 Å². The Kier molecular flexibility index (Phi) is 9.20. The van der Waals surface area contributed by atoms with Gasteiger partial charge in [0.1, 0.15) is 23.0 Å². The SMILES string of the molecule is Oc1ccc(C=C[C@@H]2C[C@H](CCc3ccc(O)cc3)O[C@@H]3C[C@H](CCc4ccc(O)cc4)O[C@H](c4ccc(O)cc4)[C@@H]23)cc1. The number of benzene rings is 4. The van der Waals surface area contributed by atoms with Gasteiger partial charge in [-0.05, 0) is 109 Å². The fraction of sp³-hybridized carbons (Fsp3) is 0.316. The highest BCUT2D eigenvalue weighted by atomic mass is 16.5. The molecule has 0 unspecified atom stereocenters. The lowest BCUT2D eigenvalue weighted by Crippen LogP contribution is -2.50. The Labute approximate surface area is 258 Å². The number of phenolic OH excluding ortho intramolecular Hbond substituents is 4. The average Bonchev–Trinajstić information content (AvgIpc) is 3.04. The maximum absolute atomic E-state index is 10.0. The number of aromatic hydroxyl groups is 4.